The average molecular weight is 334 g/mol. The molecule has 0 aliphatic carbocycles. The molecule has 0 fully saturated rings. The lowest BCUT2D eigenvalue weighted by Gasteiger charge is -2.28. The molecule has 1 unspecified atom stereocenters. The highest BCUT2D eigenvalue weighted by atomic mass is 31.1. The van der Waals surface area contributed by atoms with Gasteiger partial charge in [-0.1, -0.05) is 68.4 Å². The number of para-hydroxylation sites is 1. The summed E-state index contributed by atoms with van der Waals surface area (Å²) >= 11 is 0. The highest BCUT2D eigenvalue weighted by molar-refractivity contribution is 7.49. The molecule has 0 aromatic heterocycles. The van der Waals surface area contributed by atoms with Gasteiger partial charge in [0.05, 0.1) is 5.30 Å². The molecule has 1 heterocycles. The van der Waals surface area contributed by atoms with Crippen LogP contribution < -0.4 is 9.83 Å². The van der Waals surface area contributed by atoms with Crippen molar-refractivity contribution in [2.24, 2.45) is 0 Å². The zero-order valence-corrected chi connectivity index (χ0v) is 14.7. The summed E-state index contributed by atoms with van der Waals surface area (Å²) in [6, 6.07) is 24.5. The van der Waals surface area contributed by atoms with E-state index in [4.69, 9.17) is 4.52 Å². The van der Waals surface area contributed by atoms with E-state index in [0.717, 1.165) is 16.4 Å². The lowest BCUT2D eigenvalue weighted by atomic mass is 9.77. The predicted octanol–water partition coefficient (Wildman–Crippen LogP) is 5.17. The summed E-state index contributed by atoms with van der Waals surface area (Å²) in [5.41, 5.74) is 4.39. The van der Waals surface area contributed by atoms with Crippen molar-refractivity contribution in [1.29, 1.82) is 0 Å². The molecule has 3 heteroatoms. The monoisotopic (exact) mass is 334 g/mol. The van der Waals surface area contributed by atoms with Crippen LogP contribution in [-0.2, 0) is 9.98 Å². The molecule has 0 radical (unpaired) electrons. The minimum Gasteiger partial charge on any atom is -0.441 e. The molecule has 24 heavy (non-hydrogen) atoms. The molecule has 1 atom stereocenters. The van der Waals surface area contributed by atoms with Gasteiger partial charge in [-0.2, -0.15) is 0 Å². The maximum Gasteiger partial charge on any atom is 0.266 e. The summed E-state index contributed by atoms with van der Waals surface area (Å²) in [5.74, 6) is 0.712. The summed E-state index contributed by atoms with van der Waals surface area (Å²) in [7, 11) is -2.24. The topological polar surface area (TPSA) is 26.3 Å². The van der Waals surface area contributed by atoms with Gasteiger partial charge in [0.1, 0.15) is 5.75 Å². The fourth-order valence-corrected chi connectivity index (χ4v) is 4.42. The van der Waals surface area contributed by atoms with Crippen LogP contribution in [0.5, 0.6) is 5.75 Å². The largest absolute Gasteiger partial charge is 0.441 e. The Morgan fingerprint density at radius 2 is 1.50 bits per heavy atom. The molecule has 4 rings (SSSR count). The summed E-state index contributed by atoms with van der Waals surface area (Å²) in [4.78, 5) is 0. The molecule has 3 aromatic carbocycles. The van der Waals surface area contributed by atoms with Crippen LogP contribution in [-0.4, -0.2) is 0 Å². The second kappa shape index (κ2) is 5.65. The smallest absolute Gasteiger partial charge is 0.266 e. The van der Waals surface area contributed by atoms with E-state index in [-0.39, 0.29) is 5.41 Å². The van der Waals surface area contributed by atoms with E-state index in [0.29, 0.717) is 5.75 Å². The first kappa shape index (κ1) is 15.2. The van der Waals surface area contributed by atoms with Crippen LogP contribution >= 0.6 is 8.03 Å². The number of fused-ring (bicyclic) bond motifs is 3. The van der Waals surface area contributed by atoms with Gasteiger partial charge in [0, 0.05) is 11.0 Å². The van der Waals surface area contributed by atoms with Crippen LogP contribution in [0, 0.1) is 0 Å². The van der Waals surface area contributed by atoms with Crippen molar-refractivity contribution in [2.45, 2.75) is 19.3 Å². The van der Waals surface area contributed by atoms with Crippen molar-refractivity contribution in [3.63, 3.8) is 0 Å². The Hall–Kier alpha value is -2.31. The molecule has 0 spiro atoms. The van der Waals surface area contributed by atoms with Crippen LogP contribution in [0.15, 0.2) is 72.8 Å². The molecule has 1 aliphatic rings. The highest BCUT2D eigenvalue weighted by Crippen LogP contribution is 2.44. The predicted molar refractivity (Wildman–Crippen MR) is 99.7 cm³/mol. The molecule has 0 amide bonds. The average Bonchev–Trinajstić information content (AvgIpc) is 2.62. The third kappa shape index (κ3) is 2.39. The first-order chi connectivity index (χ1) is 11.6. The molecular formula is C21H19O2P. The fraction of sp³-hybridized carbons (Fsp3) is 0.143. The van der Waals surface area contributed by atoms with Gasteiger partial charge in [0.25, 0.3) is 8.03 Å². The summed E-state index contributed by atoms with van der Waals surface area (Å²) < 4.78 is 18.1. The van der Waals surface area contributed by atoms with E-state index in [9.17, 15) is 4.57 Å². The van der Waals surface area contributed by atoms with Gasteiger partial charge >= 0.3 is 0 Å². The normalized spacial score (nSPS) is 16.0. The van der Waals surface area contributed by atoms with E-state index >= 15 is 0 Å². The van der Waals surface area contributed by atoms with Crippen molar-refractivity contribution in [2.75, 3.05) is 0 Å². The van der Waals surface area contributed by atoms with Crippen LogP contribution in [0.3, 0.4) is 0 Å². The van der Waals surface area contributed by atoms with Gasteiger partial charge in [0.15, 0.2) is 0 Å². The van der Waals surface area contributed by atoms with Crippen LogP contribution in [0.1, 0.15) is 25.0 Å². The Bertz CT molecular complexity index is 930. The molecule has 2 nitrogen and oxygen atoms in total. The van der Waals surface area contributed by atoms with Crippen LogP contribution in [0.25, 0.3) is 11.1 Å². The minimum absolute atomic E-state index is 0.126. The van der Waals surface area contributed by atoms with Gasteiger partial charge in [-0.3, -0.25) is 4.57 Å². The Balaban J connectivity index is 1.89. The Morgan fingerprint density at radius 1 is 0.792 bits per heavy atom. The first-order valence-electron chi connectivity index (χ1n) is 8.09. The number of benzene rings is 3. The zero-order valence-electron chi connectivity index (χ0n) is 13.7. The molecule has 0 saturated heterocycles. The highest BCUT2D eigenvalue weighted by Gasteiger charge is 2.27. The molecule has 120 valence electrons. The first-order valence-corrected chi connectivity index (χ1v) is 9.40. The number of rotatable bonds is 2. The lowest BCUT2D eigenvalue weighted by molar-refractivity contribution is 0.513. The lowest BCUT2D eigenvalue weighted by Crippen LogP contribution is -2.21. The van der Waals surface area contributed by atoms with E-state index < -0.39 is 8.03 Å². The SMILES string of the molecule is CC(C)(c1ccccc1)c1ccc2c(c1)-c1ccccc1O[PH]2=O. The second-order valence-electron chi connectivity index (χ2n) is 6.64. The fourth-order valence-electron chi connectivity index (χ4n) is 3.29. The van der Waals surface area contributed by atoms with Crippen molar-refractivity contribution in [3.8, 4) is 16.9 Å². The van der Waals surface area contributed by atoms with Crippen LogP contribution in [0.4, 0.5) is 0 Å². The molecule has 0 N–H and O–H groups in total. The van der Waals surface area contributed by atoms with Gasteiger partial charge in [-0.05, 0) is 34.9 Å². The van der Waals surface area contributed by atoms with E-state index in [1.807, 2.05) is 36.4 Å². The van der Waals surface area contributed by atoms with E-state index in [2.05, 4.69) is 50.2 Å². The Kier molecular flexibility index (Phi) is 3.58. The van der Waals surface area contributed by atoms with Gasteiger partial charge in [0.2, 0.25) is 0 Å². The standard InChI is InChI=1S/C21H19O2P/c1-21(2,15-8-4-3-5-9-15)16-12-13-20-18(14-16)17-10-6-7-11-19(17)23-24(20)22/h3-14,24H,1-2H3. The molecule has 0 bridgehead atoms. The number of hydrogen-bond donors (Lipinski definition) is 0. The number of hydrogen-bond acceptors (Lipinski definition) is 2. The summed E-state index contributed by atoms with van der Waals surface area (Å²) in [6.45, 7) is 4.44. The molecular weight excluding hydrogens is 315 g/mol. The van der Waals surface area contributed by atoms with Crippen molar-refractivity contribution >= 4 is 13.3 Å². The van der Waals surface area contributed by atoms with E-state index in [1.165, 1.54) is 11.1 Å². The maximum absolute atomic E-state index is 12.4. The third-order valence-electron chi connectivity index (χ3n) is 4.84. The van der Waals surface area contributed by atoms with Crippen LogP contribution in [0.2, 0.25) is 0 Å². The van der Waals surface area contributed by atoms with Gasteiger partial charge < -0.3 is 4.52 Å². The van der Waals surface area contributed by atoms with Crippen molar-refractivity contribution in [3.05, 3.63) is 83.9 Å². The Labute approximate surface area is 143 Å². The quantitative estimate of drug-likeness (QED) is 0.604. The van der Waals surface area contributed by atoms with Crippen molar-refractivity contribution < 1.29 is 9.09 Å². The maximum atomic E-state index is 12.4. The zero-order chi connectivity index (χ0) is 16.7. The van der Waals surface area contributed by atoms with Gasteiger partial charge in [-0.25, -0.2) is 0 Å². The molecule has 3 aromatic rings. The minimum atomic E-state index is -2.24. The van der Waals surface area contributed by atoms with Crippen molar-refractivity contribution in [1.82, 2.24) is 0 Å². The van der Waals surface area contributed by atoms with Gasteiger partial charge in [-0.15, -0.1) is 0 Å². The summed E-state index contributed by atoms with van der Waals surface area (Å²) in [6.07, 6.45) is 0. The second-order valence-corrected chi connectivity index (χ2v) is 7.95. The third-order valence-corrected chi connectivity index (χ3v) is 6.12. The van der Waals surface area contributed by atoms with E-state index in [1.54, 1.807) is 0 Å². The molecule has 1 aliphatic heterocycles. The summed E-state index contributed by atoms with van der Waals surface area (Å²) in [5, 5.41) is 0.811. The Morgan fingerprint density at radius 3 is 2.29 bits per heavy atom. The molecule has 0 saturated carbocycles.